The van der Waals surface area contributed by atoms with E-state index >= 15 is 0 Å². The van der Waals surface area contributed by atoms with Gasteiger partial charge in [-0.15, -0.1) is 0 Å². The molecular weight excluding hydrogens is 236 g/mol. The van der Waals surface area contributed by atoms with Gasteiger partial charge in [0.25, 0.3) is 0 Å². The van der Waals surface area contributed by atoms with Crippen LogP contribution in [0.4, 0.5) is 14.7 Å². The van der Waals surface area contributed by atoms with Crippen molar-refractivity contribution in [2.24, 2.45) is 0 Å². The molecule has 0 atom stereocenters. The van der Waals surface area contributed by atoms with Gasteiger partial charge in [0.15, 0.2) is 0 Å². The second kappa shape index (κ2) is 5.53. The molecule has 0 spiro atoms. The summed E-state index contributed by atoms with van der Waals surface area (Å²) >= 11 is 0. The molecule has 3 nitrogen and oxygen atoms in total. The molecule has 1 heterocycles. The van der Waals surface area contributed by atoms with Crippen LogP contribution in [0.25, 0.3) is 11.3 Å². The van der Waals surface area contributed by atoms with Crippen LogP contribution >= 0.6 is 0 Å². The predicted molar refractivity (Wildman–Crippen MR) is 66.2 cm³/mol. The van der Waals surface area contributed by atoms with Gasteiger partial charge in [-0.1, -0.05) is 6.92 Å². The molecule has 2 rings (SSSR count). The van der Waals surface area contributed by atoms with Gasteiger partial charge in [-0.3, -0.25) is 0 Å². The average Bonchev–Trinajstić information content (AvgIpc) is 2.36. The standard InChI is InChI=1S/C13H13F2N3/c1-2-6-16-13-17-7-5-12(18-13)10-4-3-9(14)8-11(10)15/h3-5,7-8H,2,6H2,1H3,(H,16,17,18). The van der Waals surface area contributed by atoms with E-state index in [4.69, 9.17) is 0 Å². The Labute approximate surface area is 104 Å². The van der Waals surface area contributed by atoms with Gasteiger partial charge in [-0.25, -0.2) is 18.7 Å². The highest BCUT2D eigenvalue weighted by atomic mass is 19.1. The van der Waals surface area contributed by atoms with Crippen LogP contribution in [-0.2, 0) is 0 Å². The minimum Gasteiger partial charge on any atom is -0.354 e. The second-order valence-corrected chi connectivity index (χ2v) is 3.82. The highest BCUT2D eigenvalue weighted by molar-refractivity contribution is 5.60. The van der Waals surface area contributed by atoms with E-state index in [9.17, 15) is 8.78 Å². The van der Waals surface area contributed by atoms with Gasteiger partial charge in [-0.05, 0) is 24.6 Å². The normalized spacial score (nSPS) is 10.4. The number of hydrogen-bond acceptors (Lipinski definition) is 3. The van der Waals surface area contributed by atoms with Crippen LogP contribution in [0.2, 0.25) is 0 Å². The molecule has 1 aromatic heterocycles. The Bertz CT molecular complexity index is 544. The van der Waals surface area contributed by atoms with E-state index in [0.717, 1.165) is 19.0 Å². The third-order valence-electron chi connectivity index (χ3n) is 2.40. The molecule has 0 aliphatic carbocycles. The Morgan fingerprint density at radius 2 is 2.06 bits per heavy atom. The van der Waals surface area contributed by atoms with E-state index in [-0.39, 0.29) is 5.56 Å². The van der Waals surface area contributed by atoms with E-state index in [0.29, 0.717) is 11.6 Å². The summed E-state index contributed by atoms with van der Waals surface area (Å²) in [5, 5.41) is 3.02. The van der Waals surface area contributed by atoms with Crippen molar-refractivity contribution in [1.29, 1.82) is 0 Å². The molecular formula is C13H13F2N3. The highest BCUT2D eigenvalue weighted by Crippen LogP contribution is 2.21. The molecule has 0 fully saturated rings. The average molecular weight is 249 g/mol. The molecule has 0 aliphatic heterocycles. The first kappa shape index (κ1) is 12.4. The Balaban J connectivity index is 2.32. The van der Waals surface area contributed by atoms with Crippen molar-refractivity contribution in [2.75, 3.05) is 11.9 Å². The number of halogens is 2. The van der Waals surface area contributed by atoms with Crippen molar-refractivity contribution in [3.8, 4) is 11.3 Å². The molecule has 0 bridgehead atoms. The molecule has 5 heteroatoms. The number of benzene rings is 1. The third-order valence-corrected chi connectivity index (χ3v) is 2.40. The summed E-state index contributed by atoms with van der Waals surface area (Å²) in [5.41, 5.74) is 0.694. The number of nitrogens with zero attached hydrogens (tertiary/aromatic N) is 2. The smallest absolute Gasteiger partial charge is 0.223 e. The van der Waals surface area contributed by atoms with E-state index in [2.05, 4.69) is 15.3 Å². The van der Waals surface area contributed by atoms with Crippen LogP contribution < -0.4 is 5.32 Å². The van der Waals surface area contributed by atoms with Crippen LogP contribution in [-0.4, -0.2) is 16.5 Å². The lowest BCUT2D eigenvalue weighted by Crippen LogP contribution is -2.04. The second-order valence-electron chi connectivity index (χ2n) is 3.82. The van der Waals surface area contributed by atoms with Crippen LogP contribution in [0.1, 0.15) is 13.3 Å². The number of anilines is 1. The van der Waals surface area contributed by atoms with E-state index in [1.807, 2.05) is 6.92 Å². The van der Waals surface area contributed by atoms with Gasteiger partial charge in [0, 0.05) is 24.4 Å². The summed E-state index contributed by atoms with van der Waals surface area (Å²) in [4.78, 5) is 8.22. The van der Waals surface area contributed by atoms with E-state index < -0.39 is 11.6 Å². The lowest BCUT2D eigenvalue weighted by atomic mass is 10.1. The monoisotopic (exact) mass is 249 g/mol. The van der Waals surface area contributed by atoms with Crippen LogP contribution in [0.3, 0.4) is 0 Å². The van der Waals surface area contributed by atoms with E-state index in [1.165, 1.54) is 12.1 Å². The number of aromatic nitrogens is 2. The zero-order valence-corrected chi connectivity index (χ0v) is 9.95. The fraction of sp³-hybridized carbons (Fsp3) is 0.231. The molecule has 0 saturated carbocycles. The fourth-order valence-corrected chi connectivity index (χ4v) is 1.53. The fourth-order valence-electron chi connectivity index (χ4n) is 1.53. The Morgan fingerprint density at radius 3 is 2.78 bits per heavy atom. The summed E-state index contributed by atoms with van der Waals surface area (Å²) in [6.07, 6.45) is 2.49. The zero-order valence-electron chi connectivity index (χ0n) is 9.95. The van der Waals surface area contributed by atoms with Crippen molar-refractivity contribution in [2.45, 2.75) is 13.3 Å². The molecule has 0 radical (unpaired) electrons. The van der Waals surface area contributed by atoms with Crippen molar-refractivity contribution in [3.63, 3.8) is 0 Å². The van der Waals surface area contributed by atoms with Gasteiger partial charge in [0.1, 0.15) is 11.6 Å². The Morgan fingerprint density at radius 1 is 1.22 bits per heavy atom. The SMILES string of the molecule is CCCNc1nccc(-c2ccc(F)cc2F)n1. The summed E-state index contributed by atoms with van der Waals surface area (Å²) in [5.74, 6) is -0.789. The molecule has 1 N–H and O–H groups in total. The summed E-state index contributed by atoms with van der Waals surface area (Å²) in [6, 6.07) is 5.01. The van der Waals surface area contributed by atoms with Gasteiger partial charge in [0.05, 0.1) is 5.69 Å². The summed E-state index contributed by atoms with van der Waals surface area (Å²) < 4.78 is 26.4. The van der Waals surface area contributed by atoms with Gasteiger partial charge in [0.2, 0.25) is 5.95 Å². The van der Waals surface area contributed by atoms with Gasteiger partial charge in [-0.2, -0.15) is 0 Å². The van der Waals surface area contributed by atoms with Crippen molar-refractivity contribution >= 4 is 5.95 Å². The molecule has 1 aromatic carbocycles. The maximum Gasteiger partial charge on any atom is 0.223 e. The minimum absolute atomic E-state index is 0.262. The van der Waals surface area contributed by atoms with Crippen molar-refractivity contribution in [3.05, 3.63) is 42.1 Å². The molecule has 0 unspecified atom stereocenters. The van der Waals surface area contributed by atoms with Crippen LogP contribution in [0.5, 0.6) is 0 Å². The molecule has 0 amide bonds. The van der Waals surface area contributed by atoms with Crippen molar-refractivity contribution < 1.29 is 8.78 Å². The zero-order chi connectivity index (χ0) is 13.0. The Hall–Kier alpha value is -2.04. The molecule has 94 valence electrons. The van der Waals surface area contributed by atoms with Crippen LogP contribution in [0.15, 0.2) is 30.5 Å². The summed E-state index contributed by atoms with van der Waals surface area (Å²) in [7, 11) is 0. The molecule has 18 heavy (non-hydrogen) atoms. The first-order valence-electron chi connectivity index (χ1n) is 5.73. The van der Waals surface area contributed by atoms with Crippen LogP contribution in [0, 0.1) is 11.6 Å². The number of hydrogen-bond donors (Lipinski definition) is 1. The Kier molecular flexibility index (Phi) is 3.82. The van der Waals surface area contributed by atoms with Gasteiger partial charge >= 0.3 is 0 Å². The van der Waals surface area contributed by atoms with Gasteiger partial charge < -0.3 is 5.32 Å². The van der Waals surface area contributed by atoms with Crippen molar-refractivity contribution in [1.82, 2.24) is 9.97 Å². The predicted octanol–water partition coefficient (Wildman–Crippen LogP) is 3.24. The highest BCUT2D eigenvalue weighted by Gasteiger charge is 2.08. The largest absolute Gasteiger partial charge is 0.354 e. The number of rotatable bonds is 4. The lowest BCUT2D eigenvalue weighted by molar-refractivity contribution is 0.585. The molecule has 0 saturated heterocycles. The topological polar surface area (TPSA) is 37.8 Å². The maximum absolute atomic E-state index is 13.6. The molecule has 0 aliphatic rings. The lowest BCUT2D eigenvalue weighted by Gasteiger charge is -2.06. The first-order chi connectivity index (χ1) is 8.70. The quantitative estimate of drug-likeness (QED) is 0.903. The number of nitrogens with one attached hydrogen (secondary N) is 1. The minimum atomic E-state index is -0.629. The third kappa shape index (κ3) is 2.80. The summed E-state index contributed by atoms with van der Waals surface area (Å²) in [6.45, 7) is 2.77. The first-order valence-corrected chi connectivity index (χ1v) is 5.73. The van der Waals surface area contributed by atoms with E-state index in [1.54, 1.807) is 12.3 Å². The molecule has 2 aromatic rings. The maximum atomic E-state index is 13.6.